The van der Waals surface area contributed by atoms with E-state index in [4.69, 9.17) is 4.42 Å². The highest BCUT2D eigenvalue weighted by molar-refractivity contribution is 5.03. The summed E-state index contributed by atoms with van der Waals surface area (Å²) in [5.74, 6) is 2.02. The largest absolute Gasteiger partial charge is 0.469 e. The molecule has 0 aromatic carbocycles. The predicted molar refractivity (Wildman–Crippen MR) is 68.0 cm³/mol. The second-order valence-corrected chi connectivity index (χ2v) is 5.72. The highest BCUT2D eigenvalue weighted by atomic mass is 16.3. The van der Waals surface area contributed by atoms with Crippen LogP contribution in [0.25, 0.3) is 0 Å². The Morgan fingerprint density at radius 1 is 1.53 bits per heavy atom. The molecular formula is C14H22N2O. The zero-order valence-electron chi connectivity index (χ0n) is 10.6. The Morgan fingerprint density at radius 3 is 3.12 bits per heavy atom. The normalized spacial score (nSPS) is 30.6. The highest BCUT2D eigenvalue weighted by Gasteiger charge is 2.43. The molecule has 1 atom stereocenters. The van der Waals surface area contributed by atoms with Gasteiger partial charge in [-0.1, -0.05) is 0 Å². The molecule has 3 heteroatoms. The molecule has 0 bridgehead atoms. The molecular weight excluding hydrogens is 212 g/mol. The van der Waals surface area contributed by atoms with Gasteiger partial charge in [-0.2, -0.15) is 0 Å². The van der Waals surface area contributed by atoms with E-state index in [1.807, 2.05) is 6.07 Å². The first kappa shape index (κ1) is 11.3. The number of nitrogens with one attached hydrogen (secondary N) is 1. The van der Waals surface area contributed by atoms with Gasteiger partial charge in [-0.3, -0.25) is 4.90 Å². The zero-order valence-corrected chi connectivity index (χ0v) is 10.6. The van der Waals surface area contributed by atoms with Crippen molar-refractivity contribution in [2.45, 2.75) is 31.7 Å². The van der Waals surface area contributed by atoms with E-state index >= 15 is 0 Å². The number of rotatable bonds is 4. The number of piperazine rings is 1. The minimum atomic E-state index is 0.363. The number of hydrogen-bond donors (Lipinski definition) is 1. The van der Waals surface area contributed by atoms with Crippen LogP contribution in [0.3, 0.4) is 0 Å². The molecule has 1 aromatic rings. The Labute approximate surface area is 103 Å². The zero-order chi connectivity index (χ0) is 11.7. The van der Waals surface area contributed by atoms with Gasteiger partial charge in [-0.15, -0.1) is 0 Å². The van der Waals surface area contributed by atoms with Crippen molar-refractivity contribution in [1.29, 1.82) is 0 Å². The molecule has 2 heterocycles. The maximum atomic E-state index is 5.39. The van der Waals surface area contributed by atoms with Gasteiger partial charge in [0.1, 0.15) is 5.76 Å². The molecule has 1 aliphatic heterocycles. The third-order valence-corrected chi connectivity index (χ3v) is 4.24. The van der Waals surface area contributed by atoms with E-state index in [2.05, 4.69) is 23.2 Å². The number of nitrogens with zero attached hydrogens (tertiary/aromatic N) is 1. The smallest absolute Gasteiger partial charge is 0.105 e. The lowest BCUT2D eigenvalue weighted by molar-refractivity contribution is 0.127. The number of furan rings is 1. The van der Waals surface area contributed by atoms with Crippen LogP contribution in [0.4, 0.5) is 0 Å². The SMILES string of the molecule is CC1(C2CC2)CN(CCc2ccco2)CCN1. The predicted octanol–water partition coefficient (Wildman–Crippen LogP) is 1.90. The lowest BCUT2D eigenvalue weighted by Gasteiger charge is -2.42. The second kappa shape index (κ2) is 4.46. The molecule has 1 N–H and O–H groups in total. The van der Waals surface area contributed by atoms with Gasteiger partial charge in [0.15, 0.2) is 0 Å². The van der Waals surface area contributed by atoms with Crippen LogP contribution in [0.15, 0.2) is 22.8 Å². The summed E-state index contributed by atoms with van der Waals surface area (Å²) in [5.41, 5.74) is 0.363. The van der Waals surface area contributed by atoms with Crippen LogP contribution in [0.1, 0.15) is 25.5 Å². The first-order valence-corrected chi connectivity index (χ1v) is 6.76. The fourth-order valence-corrected chi connectivity index (χ4v) is 3.01. The van der Waals surface area contributed by atoms with Crippen LogP contribution in [-0.4, -0.2) is 36.6 Å². The molecule has 1 aliphatic carbocycles. The van der Waals surface area contributed by atoms with Crippen molar-refractivity contribution in [1.82, 2.24) is 10.2 Å². The molecule has 3 rings (SSSR count). The summed E-state index contributed by atoms with van der Waals surface area (Å²) in [6, 6.07) is 4.05. The van der Waals surface area contributed by atoms with E-state index in [0.29, 0.717) is 5.54 Å². The third-order valence-electron chi connectivity index (χ3n) is 4.24. The van der Waals surface area contributed by atoms with Crippen LogP contribution >= 0.6 is 0 Å². The van der Waals surface area contributed by atoms with Crippen molar-refractivity contribution in [3.8, 4) is 0 Å². The molecule has 0 amide bonds. The Bertz CT molecular complexity index is 358. The average molecular weight is 234 g/mol. The van der Waals surface area contributed by atoms with Crippen LogP contribution in [0, 0.1) is 5.92 Å². The van der Waals surface area contributed by atoms with E-state index in [-0.39, 0.29) is 0 Å². The van der Waals surface area contributed by atoms with Gasteiger partial charge in [0.2, 0.25) is 0 Å². The molecule has 2 aliphatic rings. The van der Waals surface area contributed by atoms with E-state index in [1.165, 1.54) is 25.9 Å². The standard InChI is InChI=1S/C14H22N2O/c1-14(12-4-5-12)11-16(9-7-15-14)8-6-13-3-2-10-17-13/h2-3,10,12,15H,4-9,11H2,1H3. The fourth-order valence-electron chi connectivity index (χ4n) is 3.01. The van der Waals surface area contributed by atoms with Crippen LogP contribution in [-0.2, 0) is 6.42 Å². The van der Waals surface area contributed by atoms with Gasteiger partial charge in [0.25, 0.3) is 0 Å². The van der Waals surface area contributed by atoms with Crippen molar-refractivity contribution in [3.63, 3.8) is 0 Å². The van der Waals surface area contributed by atoms with Crippen LogP contribution in [0.5, 0.6) is 0 Å². The van der Waals surface area contributed by atoms with Crippen LogP contribution < -0.4 is 5.32 Å². The van der Waals surface area contributed by atoms with Crippen molar-refractivity contribution in [3.05, 3.63) is 24.2 Å². The summed E-state index contributed by atoms with van der Waals surface area (Å²) in [6.45, 7) is 7.01. The monoisotopic (exact) mass is 234 g/mol. The van der Waals surface area contributed by atoms with E-state index in [9.17, 15) is 0 Å². The quantitative estimate of drug-likeness (QED) is 0.862. The lowest BCUT2D eigenvalue weighted by atomic mass is 9.93. The van der Waals surface area contributed by atoms with Gasteiger partial charge in [0.05, 0.1) is 6.26 Å². The highest BCUT2D eigenvalue weighted by Crippen LogP contribution is 2.40. The summed E-state index contributed by atoms with van der Waals surface area (Å²) in [4.78, 5) is 2.58. The van der Waals surface area contributed by atoms with Crippen molar-refractivity contribution in [2.24, 2.45) is 5.92 Å². The summed E-state index contributed by atoms with van der Waals surface area (Å²) >= 11 is 0. The Hall–Kier alpha value is -0.800. The third kappa shape index (κ3) is 2.55. The molecule has 17 heavy (non-hydrogen) atoms. The molecule has 1 aromatic heterocycles. The minimum Gasteiger partial charge on any atom is -0.469 e. The maximum absolute atomic E-state index is 5.39. The average Bonchev–Trinajstić information content (AvgIpc) is 3.06. The second-order valence-electron chi connectivity index (χ2n) is 5.72. The first-order chi connectivity index (χ1) is 8.26. The molecule has 1 saturated heterocycles. The van der Waals surface area contributed by atoms with E-state index in [1.54, 1.807) is 6.26 Å². The molecule has 94 valence electrons. The molecule has 2 fully saturated rings. The Morgan fingerprint density at radius 2 is 2.41 bits per heavy atom. The fraction of sp³-hybridized carbons (Fsp3) is 0.714. The van der Waals surface area contributed by atoms with Crippen molar-refractivity contribution >= 4 is 0 Å². The Balaban J connectivity index is 1.53. The summed E-state index contributed by atoms with van der Waals surface area (Å²) < 4.78 is 5.39. The first-order valence-electron chi connectivity index (χ1n) is 6.76. The topological polar surface area (TPSA) is 28.4 Å². The number of hydrogen-bond acceptors (Lipinski definition) is 3. The van der Waals surface area contributed by atoms with Gasteiger partial charge in [-0.05, 0) is 37.8 Å². The summed E-state index contributed by atoms with van der Waals surface area (Å²) in [5, 5.41) is 3.72. The van der Waals surface area contributed by atoms with Gasteiger partial charge < -0.3 is 9.73 Å². The molecule has 1 saturated carbocycles. The van der Waals surface area contributed by atoms with Gasteiger partial charge in [0, 0.05) is 38.1 Å². The minimum absolute atomic E-state index is 0.363. The van der Waals surface area contributed by atoms with Gasteiger partial charge in [-0.25, -0.2) is 0 Å². The molecule has 0 spiro atoms. The van der Waals surface area contributed by atoms with E-state index in [0.717, 1.165) is 31.2 Å². The lowest BCUT2D eigenvalue weighted by Crippen LogP contribution is -2.60. The summed E-state index contributed by atoms with van der Waals surface area (Å²) in [7, 11) is 0. The van der Waals surface area contributed by atoms with Crippen molar-refractivity contribution < 1.29 is 4.42 Å². The van der Waals surface area contributed by atoms with Gasteiger partial charge >= 0.3 is 0 Å². The molecule has 3 nitrogen and oxygen atoms in total. The van der Waals surface area contributed by atoms with E-state index < -0.39 is 0 Å². The Kier molecular flexibility index (Phi) is 2.97. The van der Waals surface area contributed by atoms with Crippen LogP contribution in [0.2, 0.25) is 0 Å². The summed E-state index contributed by atoms with van der Waals surface area (Å²) in [6.07, 6.45) is 5.63. The maximum Gasteiger partial charge on any atom is 0.105 e. The molecule has 0 radical (unpaired) electrons. The van der Waals surface area contributed by atoms with Crippen molar-refractivity contribution in [2.75, 3.05) is 26.2 Å². The molecule has 1 unspecified atom stereocenters.